The van der Waals surface area contributed by atoms with E-state index in [0.717, 1.165) is 16.7 Å². The van der Waals surface area contributed by atoms with Crippen LogP contribution in [0.3, 0.4) is 0 Å². The molecule has 0 aliphatic heterocycles. The molecule has 0 saturated carbocycles. The Morgan fingerprint density at radius 2 is 1.70 bits per heavy atom. The topological polar surface area (TPSA) is 56.8 Å². The summed E-state index contributed by atoms with van der Waals surface area (Å²) in [6.45, 7) is 19.6. The van der Waals surface area contributed by atoms with Gasteiger partial charge in [-0.05, 0) is 72.6 Å². The highest BCUT2D eigenvalue weighted by atomic mass is 17.2. The van der Waals surface area contributed by atoms with Crippen LogP contribution in [-0.4, -0.2) is 23.9 Å². The molecule has 0 bridgehead atoms. The highest BCUT2D eigenvalue weighted by molar-refractivity contribution is 5.69. The van der Waals surface area contributed by atoms with Crippen LogP contribution < -0.4 is 5.32 Å². The fourth-order valence-electron chi connectivity index (χ4n) is 2.21. The Balaban J connectivity index is 2.56. The largest absolute Gasteiger partial charge is 0.449 e. The minimum atomic E-state index is -0.566. The number of ether oxygens (including phenoxy) is 1. The Morgan fingerprint density at radius 1 is 1.07 bits per heavy atom. The molecular weight excluding hydrogens is 342 g/mol. The molecule has 27 heavy (non-hydrogen) atoms. The molecule has 0 spiro atoms. The van der Waals surface area contributed by atoms with Crippen molar-refractivity contribution < 1.29 is 19.3 Å². The van der Waals surface area contributed by atoms with Crippen LogP contribution in [0.2, 0.25) is 0 Å². The highest BCUT2D eigenvalue weighted by Gasteiger charge is 2.26. The number of allylic oxidation sites excluding steroid dienone is 1. The third kappa shape index (κ3) is 8.59. The molecule has 1 aromatic carbocycles. The minimum Gasteiger partial charge on any atom is -0.449 e. The second kappa shape index (κ2) is 8.89. The first-order chi connectivity index (χ1) is 12.2. The Kier molecular flexibility index (Phi) is 7.64. The monoisotopic (exact) mass is 377 g/mol. The number of alkyl carbamates (subject to hydrolysis) is 1. The smallest absolute Gasteiger partial charge is 0.407 e. The average Bonchev–Trinajstić information content (AvgIpc) is 2.52. The van der Waals surface area contributed by atoms with Crippen molar-refractivity contribution in [1.82, 2.24) is 5.32 Å². The van der Waals surface area contributed by atoms with Gasteiger partial charge in [0.2, 0.25) is 0 Å². The van der Waals surface area contributed by atoms with Gasteiger partial charge >= 0.3 is 6.09 Å². The number of nitrogens with one attached hydrogen (secondary N) is 1. The number of amides is 1. The average molecular weight is 378 g/mol. The molecule has 0 radical (unpaired) electrons. The van der Waals surface area contributed by atoms with Crippen LogP contribution in [-0.2, 0) is 20.1 Å². The van der Waals surface area contributed by atoms with E-state index in [-0.39, 0.29) is 6.61 Å². The summed E-state index contributed by atoms with van der Waals surface area (Å²) in [7, 11) is 0. The molecule has 0 fully saturated rings. The van der Waals surface area contributed by atoms with Crippen LogP contribution in [0.15, 0.2) is 30.8 Å². The number of hydrogen-bond donors (Lipinski definition) is 1. The molecular formula is C22H35NO4. The van der Waals surface area contributed by atoms with Crippen LogP contribution in [0, 0.1) is 0 Å². The van der Waals surface area contributed by atoms with Gasteiger partial charge in [0, 0.05) is 6.42 Å². The zero-order chi connectivity index (χ0) is 20.9. The number of carbonyl (C=O) groups is 1. The van der Waals surface area contributed by atoms with Gasteiger partial charge in [0.05, 0.1) is 17.7 Å². The van der Waals surface area contributed by atoms with E-state index in [9.17, 15) is 4.79 Å². The van der Waals surface area contributed by atoms with Crippen molar-refractivity contribution >= 4 is 11.7 Å². The fraction of sp³-hybridized carbons (Fsp3) is 0.591. The van der Waals surface area contributed by atoms with Crippen molar-refractivity contribution in [2.24, 2.45) is 0 Å². The third-order valence-corrected chi connectivity index (χ3v) is 3.95. The zero-order valence-electron chi connectivity index (χ0n) is 18.1. The van der Waals surface area contributed by atoms with E-state index in [4.69, 9.17) is 14.5 Å². The van der Waals surface area contributed by atoms with Gasteiger partial charge in [-0.25, -0.2) is 14.6 Å². The molecule has 0 unspecified atom stereocenters. The molecule has 5 nitrogen and oxygen atoms in total. The van der Waals surface area contributed by atoms with Gasteiger partial charge in [-0.3, -0.25) is 0 Å². The van der Waals surface area contributed by atoms with Gasteiger partial charge in [-0.2, -0.15) is 0 Å². The molecule has 0 aromatic heterocycles. The van der Waals surface area contributed by atoms with Crippen molar-refractivity contribution in [2.45, 2.75) is 78.6 Å². The molecule has 0 saturated heterocycles. The van der Waals surface area contributed by atoms with E-state index < -0.39 is 22.8 Å². The second-order valence-corrected chi connectivity index (χ2v) is 9.04. The van der Waals surface area contributed by atoms with Crippen LogP contribution in [0.4, 0.5) is 4.79 Å². The van der Waals surface area contributed by atoms with Gasteiger partial charge in [0.25, 0.3) is 0 Å². The Morgan fingerprint density at radius 3 is 2.26 bits per heavy atom. The Labute approximate surface area is 164 Å². The molecule has 0 aliphatic carbocycles. The third-order valence-electron chi connectivity index (χ3n) is 3.95. The number of carbonyl (C=O) groups excluding carboxylic acids is 1. The van der Waals surface area contributed by atoms with Crippen molar-refractivity contribution in [3.8, 4) is 0 Å². The van der Waals surface area contributed by atoms with Gasteiger partial charge < -0.3 is 10.1 Å². The first kappa shape index (κ1) is 23.2. The first-order valence-corrected chi connectivity index (χ1v) is 9.30. The molecule has 1 rings (SSSR count). The van der Waals surface area contributed by atoms with Crippen LogP contribution in [0.5, 0.6) is 0 Å². The number of benzene rings is 1. The molecule has 0 atom stereocenters. The summed E-state index contributed by atoms with van der Waals surface area (Å²) in [6.07, 6.45) is 0.0514. The predicted molar refractivity (Wildman–Crippen MR) is 109 cm³/mol. The fourth-order valence-corrected chi connectivity index (χ4v) is 2.21. The van der Waals surface area contributed by atoms with Gasteiger partial charge in [0.1, 0.15) is 5.60 Å². The maximum atomic E-state index is 12.2. The second-order valence-electron chi connectivity index (χ2n) is 9.04. The first-order valence-electron chi connectivity index (χ1n) is 9.30. The van der Waals surface area contributed by atoms with Crippen LogP contribution in [0.1, 0.15) is 72.9 Å². The lowest BCUT2D eigenvalue weighted by Gasteiger charge is -2.29. The minimum absolute atomic E-state index is 0.230. The van der Waals surface area contributed by atoms with Crippen molar-refractivity contribution in [1.29, 1.82) is 0 Å². The van der Waals surface area contributed by atoms with Crippen molar-refractivity contribution in [3.63, 3.8) is 0 Å². The van der Waals surface area contributed by atoms with E-state index in [2.05, 4.69) is 11.9 Å². The standard InChI is InChI=1S/C22H35NO4/c1-16(2)17-11-10-12-18(15-17)22(8,9)23-19(24)25-14-13-21(6,7)27-26-20(3,4)5/h10-12,15H,1,13-14H2,2-9H3,(H,23,24). The van der Waals surface area contributed by atoms with E-state index in [1.807, 2.05) is 79.7 Å². The maximum Gasteiger partial charge on any atom is 0.407 e. The molecule has 5 heteroatoms. The maximum absolute atomic E-state index is 12.2. The lowest BCUT2D eigenvalue weighted by molar-refractivity contribution is -0.398. The molecule has 0 aliphatic rings. The Bertz CT molecular complexity index is 657. The lowest BCUT2D eigenvalue weighted by Crippen LogP contribution is -2.42. The van der Waals surface area contributed by atoms with E-state index >= 15 is 0 Å². The molecule has 0 heterocycles. The van der Waals surface area contributed by atoms with E-state index in [1.54, 1.807) is 0 Å². The SMILES string of the molecule is C=C(C)c1cccc(C(C)(C)NC(=O)OCCC(C)(C)OOC(C)(C)C)c1. The molecule has 152 valence electrons. The van der Waals surface area contributed by atoms with Crippen molar-refractivity contribution in [3.05, 3.63) is 42.0 Å². The summed E-state index contributed by atoms with van der Waals surface area (Å²) in [5.41, 5.74) is 1.51. The number of rotatable bonds is 8. The summed E-state index contributed by atoms with van der Waals surface area (Å²) in [5, 5.41) is 2.92. The zero-order valence-corrected chi connectivity index (χ0v) is 18.1. The van der Waals surface area contributed by atoms with Gasteiger partial charge in [-0.1, -0.05) is 30.4 Å². The summed E-state index contributed by atoms with van der Waals surface area (Å²) in [5.74, 6) is 0. The summed E-state index contributed by atoms with van der Waals surface area (Å²) in [4.78, 5) is 23.0. The molecule has 1 aromatic rings. The predicted octanol–water partition coefficient (Wildman–Crippen LogP) is 5.60. The molecule has 1 amide bonds. The highest BCUT2D eigenvalue weighted by Crippen LogP contribution is 2.24. The molecule has 1 N–H and O–H groups in total. The van der Waals surface area contributed by atoms with E-state index in [1.165, 1.54) is 0 Å². The number of hydrogen-bond acceptors (Lipinski definition) is 4. The summed E-state index contributed by atoms with van der Waals surface area (Å²) in [6, 6.07) is 7.97. The normalized spacial score (nSPS) is 12.6. The van der Waals surface area contributed by atoms with Crippen LogP contribution in [0.25, 0.3) is 5.57 Å². The van der Waals surface area contributed by atoms with Gasteiger partial charge in [-0.15, -0.1) is 0 Å². The van der Waals surface area contributed by atoms with Crippen molar-refractivity contribution in [2.75, 3.05) is 6.61 Å². The quantitative estimate of drug-likeness (QED) is 0.473. The lowest BCUT2D eigenvalue weighted by atomic mass is 9.92. The summed E-state index contributed by atoms with van der Waals surface area (Å²) >= 11 is 0. The van der Waals surface area contributed by atoms with Crippen LogP contribution >= 0.6 is 0 Å². The van der Waals surface area contributed by atoms with E-state index in [0.29, 0.717) is 6.42 Å². The Hall–Kier alpha value is -1.85. The van der Waals surface area contributed by atoms with Gasteiger partial charge in [0.15, 0.2) is 0 Å². The summed E-state index contributed by atoms with van der Waals surface area (Å²) < 4.78 is 5.34.